The zero-order valence-corrected chi connectivity index (χ0v) is 19.8. The molecular weight excluding hydrogens is 464 g/mol. The first kappa shape index (κ1) is 22.4. The van der Waals surface area contributed by atoms with E-state index in [4.69, 9.17) is 9.72 Å². The number of aromatic nitrogens is 4. The molecule has 5 aromatic rings. The highest BCUT2D eigenvalue weighted by atomic mass is 32.2. The van der Waals surface area contributed by atoms with E-state index in [2.05, 4.69) is 20.1 Å². The molecule has 0 unspecified atom stereocenters. The van der Waals surface area contributed by atoms with Gasteiger partial charge >= 0.3 is 0 Å². The van der Waals surface area contributed by atoms with Crippen molar-refractivity contribution in [1.82, 2.24) is 19.6 Å². The van der Waals surface area contributed by atoms with E-state index in [0.717, 1.165) is 22.4 Å². The van der Waals surface area contributed by atoms with E-state index in [0.29, 0.717) is 22.9 Å². The lowest BCUT2D eigenvalue weighted by Crippen LogP contribution is -2.12. The van der Waals surface area contributed by atoms with Crippen LogP contribution in [0.5, 0.6) is 5.75 Å². The molecule has 0 aliphatic rings. The van der Waals surface area contributed by atoms with Gasteiger partial charge in [-0.25, -0.2) is 17.9 Å². The number of nitrogens with zero attached hydrogens (tertiary/aromatic N) is 4. The first-order chi connectivity index (χ1) is 16.9. The predicted molar refractivity (Wildman–Crippen MR) is 134 cm³/mol. The molecule has 0 saturated carbocycles. The fourth-order valence-electron chi connectivity index (χ4n) is 3.52. The average molecular weight is 487 g/mol. The Morgan fingerprint density at radius 3 is 2.40 bits per heavy atom. The van der Waals surface area contributed by atoms with E-state index in [-0.39, 0.29) is 4.90 Å². The Labute approximate surface area is 202 Å². The molecule has 9 nitrogen and oxygen atoms in total. The van der Waals surface area contributed by atoms with Gasteiger partial charge in [-0.15, -0.1) is 0 Å². The number of anilines is 3. The molecule has 2 N–H and O–H groups in total. The molecule has 0 fully saturated rings. The molecule has 2 aromatic carbocycles. The van der Waals surface area contributed by atoms with Crippen molar-refractivity contribution in [2.45, 2.75) is 11.8 Å². The molecule has 0 aliphatic heterocycles. The number of methoxy groups -OCH3 is 1. The van der Waals surface area contributed by atoms with Crippen molar-refractivity contribution in [3.8, 4) is 16.9 Å². The SMILES string of the molecule is COc1cncc(-c2cnn3ccc(Nc4ccc(NS(=O)(=O)c5ccc(C)cc5)cc4)nc23)c1. The summed E-state index contributed by atoms with van der Waals surface area (Å²) in [6, 6.07) is 17.3. The summed E-state index contributed by atoms with van der Waals surface area (Å²) in [7, 11) is -2.07. The number of fused-ring (bicyclic) bond motifs is 1. The van der Waals surface area contributed by atoms with Crippen molar-refractivity contribution < 1.29 is 13.2 Å². The number of nitrogens with one attached hydrogen (secondary N) is 2. The molecule has 0 aliphatic carbocycles. The van der Waals surface area contributed by atoms with Crippen LogP contribution in [0.15, 0.2) is 90.3 Å². The molecule has 35 heavy (non-hydrogen) atoms. The van der Waals surface area contributed by atoms with Crippen LogP contribution in [0.2, 0.25) is 0 Å². The number of hydrogen-bond donors (Lipinski definition) is 2. The smallest absolute Gasteiger partial charge is 0.261 e. The third kappa shape index (κ3) is 4.78. The third-order valence-corrected chi connectivity index (χ3v) is 6.77. The van der Waals surface area contributed by atoms with Crippen LogP contribution in [0.1, 0.15) is 5.56 Å². The predicted octanol–water partition coefficient (Wildman–Crippen LogP) is 4.65. The van der Waals surface area contributed by atoms with E-state index in [1.165, 1.54) is 0 Å². The van der Waals surface area contributed by atoms with Gasteiger partial charge < -0.3 is 10.1 Å². The van der Waals surface area contributed by atoms with Crippen LogP contribution in [-0.2, 0) is 10.0 Å². The van der Waals surface area contributed by atoms with Gasteiger partial charge in [0.15, 0.2) is 5.65 Å². The number of hydrogen-bond acceptors (Lipinski definition) is 7. The zero-order chi connectivity index (χ0) is 24.4. The summed E-state index contributed by atoms with van der Waals surface area (Å²) in [5.74, 6) is 1.26. The number of rotatable bonds is 7. The van der Waals surface area contributed by atoms with Gasteiger partial charge in [0.05, 0.1) is 24.4 Å². The molecule has 0 saturated heterocycles. The first-order valence-corrected chi connectivity index (χ1v) is 12.2. The fourth-order valence-corrected chi connectivity index (χ4v) is 4.58. The Balaban J connectivity index is 1.35. The van der Waals surface area contributed by atoms with E-state index < -0.39 is 10.0 Å². The van der Waals surface area contributed by atoms with Crippen molar-refractivity contribution in [1.29, 1.82) is 0 Å². The van der Waals surface area contributed by atoms with Crippen LogP contribution in [0, 0.1) is 6.92 Å². The van der Waals surface area contributed by atoms with Gasteiger partial charge in [0, 0.05) is 34.9 Å². The molecule has 0 bridgehead atoms. The number of benzene rings is 2. The van der Waals surface area contributed by atoms with Gasteiger partial charge in [-0.1, -0.05) is 17.7 Å². The monoisotopic (exact) mass is 486 g/mol. The average Bonchev–Trinajstić information content (AvgIpc) is 3.29. The van der Waals surface area contributed by atoms with Gasteiger partial charge in [-0.05, 0) is 55.5 Å². The lowest BCUT2D eigenvalue weighted by Gasteiger charge is -2.10. The molecule has 176 valence electrons. The van der Waals surface area contributed by atoms with E-state index in [9.17, 15) is 8.42 Å². The van der Waals surface area contributed by atoms with Crippen molar-refractivity contribution in [3.05, 3.63) is 91.0 Å². The van der Waals surface area contributed by atoms with Crippen molar-refractivity contribution in [2.24, 2.45) is 0 Å². The molecule has 0 atom stereocenters. The zero-order valence-electron chi connectivity index (χ0n) is 19.0. The summed E-state index contributed by atoms with van der Waals surface area (Å²) in [4.78, 5) is 9.12. The van der Waals surface area contributed by atoms with E-state index in [1.807, 2.05) is 25.3 Å². The molecule has 0 amide bonds. The van der Waals surface area contributed by atoms with Crippen LogP contribution in [0.3, 0.4) is 0 Å². The molecule has 0 radical (unpaired) electrons. The van der Waals surface area contributed by atoms with E-state index >= 15 is 0 Å². The number of aryl methyl sites for hydroxylation is 1. The first-order valence-electron chi connectivity index (χ1n) is 10.7. The second-order valence-electron chi connectivity index (χ2n) is 7.87. The standard InChI is InChI=1S/C25H22N6O3S/c1-17-3-9-22(10-4-17)35(32,33)30-20-7-5-19(6-8-20)28-24-11-12-31-25(29-24)23(16-27-31)18-13-21(34-2)15-26-14-18/h3-16,30H,1-2H3,(H,28,29). The second kappa shape index (κ2) is 9.07. The summed E-state index contributed by atoms with van der Waals surface area (Å²) < 4.78 is 34.8. The number of sulfonamides is 1. The Morgan fingerprint density at radius 2 is 1.66 bits per heavy atom. The Bertz CT molecular complexity index is 1600. The van der Waals surface area contributed by atoms with Gasteiger partial charge in [-0.2, -0.15) is 5.10 Å². The highest BCUT2D eigenvalue weighted by Gasteiger charge is 2.14. The highest BCUT2D eigenvalue weighted by Crippen LogP contribution is 2.27. The van der Waals surface area contributed by atoms with Crippen LogP contribution in [0.25, 0.3) is 16.8 Å². The molecular formula is C25H22N6O3S. The topological polar surface area (TPSA) is 111 Å². The van der Waals surface area contributed by atoms with Crippen molar-refractivity contribution >= 4 is 32.9 Å². The van der Waals surface area contributed by atoms with Crippen LogP contribution >= 0.6 is 0 Å². The fraction of sp³-hybridized carbons (Fsp3) is 0.0800. The normalized spacial score (nSPS) is 11.4. The summed E-state index contributed by atoms with van der Waals surface area (Å²) in [5, 5.41) is 7.61. The molecule has 10 heteroatoms. The highest BCUT2D eigenvalue weighted by molar-refractivity contribution is 7.92. The van der Waals surface area contributed by atoms with E-state index in [1.54, 1.807) is 78.7 Å². The third-order valence-electron chi connectivity index (χ3n) is 5.37. The Hall–Kier alpha value is -4.44. The summed E-state index contributed by atoms with van der Waals surface area (Å²) in [6.45, 7) is 1.91. The minimum atomic E-state index is -3.66. The quantitative estimate of drug-likeness (QED) is 0.344. The summed E-state index contributed by atoms with van der Waals surface area (Å²) in [6.07, 6.45) is 6.92. The molecule has 0 spiro atoms. The maximum absolute atomic E-state index is 12.6. The minimum absolute atomic E-state index is 0.214. The molecule has 5 rings (SSSR count). The van der Waals surface area contributed by atoms with Gasteiger partial charge in [-0.3, -0.25) is 9.71 Å². The van der Waals surface area contributed by atoms with Crippen LogP contribution in [0.4, 0.5) is 17.2 Å². The van der Waals surface area contributed by atoms with Gasteiger partial charge in [0.25, 0.3) is 10.0 Å². The Kier molecular flexibility index (Phi) is 5.79. The van der Waals surface area contributed by atoms with Crippen molar-refractivity contribution in [3.63, 3.8) is 0 Å². The van der Waals surface area contributed by atoms with Gasteiger partial charge in [0.2, 0.25) is 0 Å². The van der Waals surface area contributed by atoms with Crippen LogP contribution < -0.4 is 14.8 Å². The summed E-state index contributed by atoms with van der Waals surface area (Å²) in [5.41, 5.74) is 4.53. The largest absolute Gasteiger partial charge is 0.495 e. The Morgan fingerprint density at radius 1 is 0.914 bits per heavy atom. The molecule has 3 heterocycles. The lowest BCUT2D eigenvalue weighted by molar-refractivity contribution is 0.413. The second-order valence-corrected chi connectivity index (χ2v) is 9.56. The maximum atomic E-state index is 12.6. The summed E-state index contributed by atoms with van der Waals surface area (Å²) >= 11 is 0. The number of pyridine rings is 1. The van der Waals surface area contributed by atoms with Crippen LogP contribution in [-0.4, -0.2) is 35.1 Å². The minimum Gasteiger partial charge on any atom is -0.495 e. The van der Waals surface area contributed by atoms with Crippen molar-refractivity contribution in [2.75, 3.05) is 17.1 Å². The number of ether oxygens (including phenoxy) is 1. The lowest BCUT2D eigenvalue weighted by atomic mass is 10.1. The molecule has 3 aromatic heterocycles. The maximum Gasteiger partial charge on any atom is 0.261 e. The van der Waals surface area contributed by atoms with Gasteiger partial charge in [0.1, 0.15) is 11.6 Å².